The van der Waals surface area contributed by atoms with Gasteiger partial charge in [0.05, 0.1) is 6.42 Å². The Kier molecular flexibility index (Phi) is 3.80. The van der Waals surface area contributed by atoms with Gasteiger partial charge in [-0.3, -0.25) is 9.59 Å². The van der Waals surface area contributed by atoms with Crippen LogP contribution in [0.4, 0.5) is 5.69 Å². The van der Waals surface area contributed by atoms with Crippen molar-refractivity contribution in [1.82, 2.24) is 0 Å². The van der Waals surface area contributed by atoms with Gasteiger partial charge in [-0.25, -0.2) is 0 Å². The van der Waals surface area contributed by atoms with E-state index in [0.717, 1.165) is 11.3 Å². The van der Waals surface area contributed by atoms with Gasteiger partial charge in [-0.2, -0.15) is 0 Å². The molecule has 0 radical (unpaired) electrons. The van der Waals surface area contributed by atoms with Crippen LogP contribution in [-0.4, -0.2) is 36.2 Å². The standard InChI is InChI=1S/C19H17NO5/c21-18(22)9-12-10-20(14-6-2-1-5-13(12)14)19(23)17-11-24-15-7-3-4-8-16(15)25-17/h1-8,12,17H,9-11H2,(H,21,22). The number of nitrogens with zero attached hydrogens (tertiary/aromatic N) is 1. The van der Waals surface area contributed by atoms with Crippen molar-refractivity contribution < 1.29 is 24.2 Å². The second-order valence-corrected chi connectivity index (χ2v) is 6.17. The molecule has 4 rings (SSSR count). The van der Waals surface area contributed by atoms with Gasteiger partial charge in [0.2, 0.25) is 6.10 Å². The second-order valence-electron chi connectivity index (χ2n) is 6.17. The minimum atomic E-state index is -0.875. The van der Waals surface area contributed by atoms with Crippen molar-refractivity contribution >= 4 is 17.6 Å². The Morgan fingerprint density at radius 3 is 2.60 bits per heavy atom. The van der Waals surface area contributed by atoms with E-state index < -0.39 is 12.1 Å². The summed E-state index contributed by atoms with van der Waals surface area (Å²) >= 11 is 0. The Labute approximate surface area is 144 Å². The molecule has 6 nitrogen and oxygen atoms in total. The number of rotatable bonds is 3. The van der Waals surface area contributed by atoms with Gasteiger partial charge in [0.25, 0.3) is 5.91 Å². The van der Waals surface area contributed by atoms with Gasteiger partial charge in [-0.1, -0.05) is 30.3 Å². The van der Waals surface area contributed by atoms with Crippen LogP contribution >= 0.6 is 0 Å². The first-order valence-electron chi connectivity index (χ1n) is 8.14. The van der Waals surface area contributed by atoms with Gasteiger partial charge in [0.15, 0.2) is 11.5 Å². The number of carboxylic acids is 1. The van der Waals surface area contributed by atoms with Gasteiger partial charge in [-0.15, -0.1) is 0 Å². The molecule has 2 aromatic rings. The van der Waals surface area contributed by atoms with Crippen LogP contribution in [0.5, 0.6) is 11.5 Å². The lowest BCUT2D eigenvalue weighted by Gasteiger charge is -2.29. The average Bonchev–Trinajstić information content (AvgIpc) is 2.99. The molecule has 2 atom stereocenters. The molecule has 2 aliphatic rings. The number of amides is 1. The van der Waals surface area contributed by atoms with Crippen LogP contribution in [0.15, 0.2) is 48.5 Å². The molecular weight excluding hydrogens is 322 g/mol. The summed E-state index contributed by atoms with van der Waals surface area (Å²) in [7, 11) is 0. The van der Waals surface area contributed by atoms with E-state index in [-0.39, 0.29) is 24.9 Å². The fraction of sp³-hybridized carbons (Fsp3) is 0.263. The topological polar surface area (TPSA) is 76.1 Å². The summed E-state index contributed by atoms with van der Waals surface area (Å²) in [4.78, 5) is 25.7. The molecule has 1 N–H and O–H groups in total. The van der Waals surface area contributed by atoms with E-state index in [9.17, 15) is 9.59 Å². The van der Waals surface area contributed by atoms with Crippen molar-refractivity contribution in [3.8, 4) is 11.5 Å². The summed E-state index contributed by atoms with van der Waals surface area (Å²) in [6, 6.07) is 14.6. The lowest BCUT2D eigenvalue weighted by Crippen LogP contribution is -2.46. The summed E-state index contributed by atoms with van der Waals surface area (Å²) < 4.78 is 11.4. The fourth-order valence-electron chi connectivity index (χ4n) is 3.40. The second kappa shape index (κ2) is 6.12. The number of ether oxygens (including phenoxy) is 2. The molecule has 0 saturated carbocycles. The molecule has 128 valence electrons. The maximum absolute atomic E-state index is 13.0. The van der Waals surface area contributed by atoms with Gasteiger partial charge in [0.1, 0.15) is 6.61 Å². The molecule has 0 saturated heterocycles. The number of hydrogen-bond donors (Lipinski definition) is 1. The quantitative estimate of drug-likeness (QED) is 0.929. The Hall–Kier alpha value is -3.02. The normalized spacial score (nSPS) is 20.9. The third-order valence-corrected chi connectivity index (χ3v) is 4.54. The largest absolute Gasteiger partial charge is 0.485 e. The van der Waals surface area contributed by atoms with Crippen LogP contribution in [0.25, 0.3) is 0 Å². The van der Waals surface area contributed by atoms with Crippen molar-refractivity contribution in [2.45, 2.75) is 18.4 Å². The number of benzene rings is 2. The maximum Gasteiger partial charge on any atom is 0.304 e. The summed E-state index contributed by atoms with van der Waals surface area (Å²) in [6.45, 7) is 0.476. The van der Waals surface area contributed by atoms with E-state index >= 15 is 0 Å². The zero-order valence-corrected chi connectivity index (χ0v) is 13.4. The number of carbonyl (C=O) groups is 2. The van der Waals surface area contributed by atoms with Crippen LogP contribution in [-0.2, 0) is 9.59 Å². The molecule has 2 unspecified atom stereocenters. The number of anilines is 1. The molecule has 6 heteroatoms. The molecule has 2 aromatic carbocycles. The van der Waals surface area contributed by atoms with E-state index in [1.54, 1.807) is 17.0 Å². The molecule has 0 fully saturated rings. The van der Waals surface area contributed by atoms with Crippen LogP contribution < -0.4 is 14.4 Å². The van der Waals surface area contributed by atoms with Crippen molar-refractivity contribution in [1.29, 1.82) is 0 Å². The Bertz CT molecular complexity index is 834. The number of hydrogen-bond acceptors (Lipinski definition) is 4. The van der Waals surface area contributed by atoms with Crippen molar-refractivity contribution in [2.24, 2.45) is 0 Å². The zero-order chi connectivity index (χ0) is 17.4. The number of aliphatic carboxylic acids is 1. The van der Waals surface area contributed by atoms with Crippen molar-refractivity contribution in [2.75, 3.05) is 18.1 Å². The third kappa shape index (κ3) is 2.80. The maximum atomic E-state index is 13.0. The molecular formula is C19H17NO5. The summed E-state index contributed by atoms with van der Waals surface area (Å²) in [5.41, 5.74) is 1.64. The van der Waals surface area contributed by atoms with E-state index in [0.29, 0.717) is 18.0 Å². The molecule has 0 aliphatic carbocycles. The summed E-state index contributed by atoms with van der Waals surface area (Å²) in [5, 5.41) is 9.13. The number of carboxylic acid groups (broad SMARTS) is 1. The smallest absolute Gasteiger partial charge is 0.304 e. The lowest BCUT2D eigenvalue weighted by molar-refractivity contribution is -0.137. The van der Waals surface area contributed by atoms with Crippen LogP contribution in [0.3, 0.4) is 0 Å². The van der Waals surface area contributed by atoms with E-state index in [1.807, 2.05) is 36.4 Å². The minimum Gasteiger partial charge on any atom is -0.485 e. The predicted octanol–water partition coefficient (Wildman–Crippen LogP) is 2.43. The first kappa shape index (κ1) is 15.5. The number of fused-ring (bicyclic) bond motifs is 2. The summed E-state index contributed by atoms with van der Waals surface area (Å²) in [5.74, 6) is -0.136. The highest BCUT2D eigenvalue weighted by Gasteiger charge is 2.38. The lowest BCUT2D eigenvalue weighted by atomic mass is 9.98. The van der Waals surface area contributed by atoms with E-state index in [1.165, 1.54) is 0 Å². The minimum absolute atomic E-state index is 0.00828. The highest BCUT2D eigenvalue weighted by atomic mass is 16.6. The van der Waals surface area contributed by atoms with Gasteiger partial charge in [0, 0.05) is 18.2 Å². The zero-order valence-electron chi connectivity index (χ0n) is 13.4. The monoisotopic (exact) mass is 339 g/mol. The van der Waals surface area contributed by atoms with E-state index in [2.05, 4.69) is 0 Å². The molecule has 2 heterocycles. The van der Waals surface area contributed by atoms with Gasteiger partial charge in [-0.05, 0) is 23.8 Å². The third-order valence-electron chi connectivity index (χ3n) is 4.54. The Morgan fingerprint density at radius 2 is 1.80 bits per heavy atom. The first-order valence-corrected chi connectivity index (χ1v) is 8.14. The summed E-state index contributed by atoms with van der Waals surface area (Å²) in [6.07, 6.45) is -0.752. The molecule has 1 amide bonds. The highest BCUT2D eigenvalue weighted by molar-refractivity contribution is 5.99. The first-order chi connectivity index (χ1) is 12.1. The van der Waals surface area contributed by atoms with Crippen LogP contribution in [0.1, 0.15) is 17.9 Å². The fourth-order valence-corrected chi connectivity index (χ4v) is 3.40. The van der Waals surface area contributed by atoms with Gasteiger partial charge >= 0.3 is 5.97 Å². The SMILES string of the molecule is O=C(O)CC1CN(C(=O)C2COc3ccccc3O2)c2ccccc21. The van der Waals surface area contributed by atoms with Gasteiger partial charge < -0.3 is 19.5 Å². The number of para-hydroxylation sites is 3. The predicted molar refractivity (Wildman–Crippen MR) is 90.1 cm³/mol. The van der Waals surface area contributed by atoms with Crippen molar-refractivity contribution in [3.63, 3.8) is 0 Å². The Balaban J connectivity index is 1.58. The van der Waals surface area contributed by atoms with E-state index in [4.69, 9.17) is 14.6 Å². The van der Waals surface area contributed by atoms with Crippen LogP contribution in [0, 0.1) is 0 Å². The number of carbonyl (C=O) groups excluding carboxylic acids is 1. The molecule has 0 bridgehead atoms. The van der Waals surface area contributed by atoms with Crippen molar-refractivity contribution in [3.05, 3.63) is 54.1 Å². The molecule has 25 heavy (non-hydrogen) atoms. The molecule has 0 spiro atoms. The Morgan fingerprint density at radius 1 is 1.08 bits per heavy atom. The van der Waals surface area contributed by atoms with Crippen LogP contribution in [0.2, 0.25) is 0 Å². The molecule has 2 aliphatic heterocycles. The average molecular weight is 339 g/mol. The molecule has 0 aromatic heterocycles. The highest BCUT2D eigenvalue weighted by Crippen LogP contribution is 2.39.